The van der Waals surface area contributed by atoms with E-state index in [1.165, 1.54) is 171 Å². The van der Waals surface area contributed by atoms with Gasteiger partial charge < -0.3 is 30.2 Å². The van der Waals surface area contributed by atoms with Gasteiger partial charge in [-0.2, -0.15) is 23.5 Å². The molecule has 0 aromatic rings. The van der Waals surface area contributed by atoms with Crippen LogP contribution in [-0.2, 0) is 14.2 Å². The third-order valence-electron chi connectivity index (χ3n) is 29.1. The summed E-state index contributed by atoms with van der Waals surface area (Å²) in [5.41, 5.74) is 4.10. The molecule has 8 rings (SSSR count). The molecule has 112 heavy (non-hydrogen) atoms. The smallest absolute Gasteiger partial charge is 0.0728 e. The average Bonchev–Trinajstić information content (AvgIpc) is 0.890. The monoisotopic (exact) mass is 1630 g/mol. The lowest BCUT2D eigenvalue weighted by molar-refractivity contribution is -0.137. The summed E-state index contributed by atoms with van der Waals surface area (Å²) < 4.78 is 17.0. The van der Waals surface area contributed by atoms with E-state index < -0.39 is 0 Å². The van der Waals surface area contributed by atoms with E-state index in [4.69, 9.17) is 14.2 Å². The highest BCUT2D eigenvalue weighted by Crippen LogP contribution is 2.50. The van der Waals surface area contributed by atoms with E-state index in [0.29, 0.717) is 49.9 Å². The van der Waals surface area contributed by atoms with Gasteiger partial charge in [0, 0.05) is 38.5 Å². The number of thioether (sulfide) groups is 2. The second-order valence-corrected chi connectivity index (χ2v) is 40.0. The van der Waals surface area contributed by atoms with Crippen molar-refractivity contribution in [2.75, 3.05) is 88.8 Å². The van der Waals surface area contributed by atoms with E-state index >= 15 is 0 Å². The molecular formula is C104H227N3O3S2. The third-order valence-corrected chi connectivity index (χ3v) is 31.4. The molecule has 0 saturated carbocycles. The summed E-state index contributed by atoms with van der Waals surface area (Å²) in [4.78, 5) is 0. The first kappa shape index (κ1) is 128. The van der Waals surface area contributed by atoms with Crippen LogP contribution in [0.25, 0.3) is 0 Å². The first-order chi connectivity index (χ1) is 52.8. The summed E-state index contributed by atoms with van der Waals surface area (Å²) in [7, 11) is 0. The van der Waals surface area contributed by atoms with Crippen LogP contribution < -0.4 is 16.0 Å². The molecule has 0 aromatic heterocycles. The molecule has 0 unspecified atom stereocenters. The van der Waals surface area contributed by atoms with Gasteiger partial charge in [0.15, 0.2) is 0 Å². The Hall–Kier alpha value is 0.460. The quantitative estimate of drug-likeness (QED) is 0.141. The summed E-state index contributed by atoms with van der Waals surface area (Å²) in [6, 6.07) is 0. The molecule has 0 amide bonds. The minimum Gasteiger partial charge on any atom is -0.381 e. The van der Waals surface area contributed by atoms with Gasteiger partial charge in [-0.05, 0) is 286 Å². The molecule has 0 bridgehead atoms. The lowest BCUT2D eigenvalue weighted by Crippen LogP contribution is -2.56. The van der Waals surface area contributed by atoms with Crippen LogP contribution in [0.1, 0.15) is 448 Å². The van der Waals surface area contributed by atoms with Crippen LogP contribution in [0, 0.1) is 127 Å². The van der Waals surface area contributed by atoms with E-state index in [1.54, 1.807) is 0 Å². The molecule has 6 nitrogen and oxygen atoms in total. The average molecular weight is 1630 g/mol. The van der Waals surface area contributed by atoms with Crippen molar-refractivity contribution in [3.8, 4) is 0 Å². The van der Waals surface area contributed by atoms with Gasteiger partial charge in [0.2, 0.25) is 0 Å². The highest BCUT2D eigenvalue weighted by atomic mass is 32.2. The van der Waals surface area contributed by atoms with Gasteiger partial charge in [0.05, 0.1) is 12.2 Å². The van der Waals surface area contributed by atoms with E-state index in [1.807, 2.05) is 111 Å². The predicted molar refractivity (Wildman–Crippen MR) is 527 cm³/mol. The standard InChI is InChI=1S/3C11H23N.3C11H22O.2C11H22S.8C2H6/c1-9(2)11(10(3)4)5-7-12-8-6-11;1-9(2)11(10(3)4)6-5-7-12-8-11;1-9(2)11(10(3)4)7-5-6-8-12-11;1-9(2)11(10(3)4)5-7-12-8-6-11;1-9(2)11(10(3)4)6-5-7-12-8-11;1-9(2)11(10(3)4)7-5-6-8-12-11;1-9(2)11(10(3)4)5-7-12-8-6-11;1-9(2)11(10(3)4)6-5-7-12-8-11;8*1-2/h3*9-10,12H,5-8H2,1-4H3;5*9-10H,5-8H2,1-4H3;8*1-2H3. The van der Waals surface area contributed by atoms with Crippen LogP contribution in [0.3, 0.4) is 0 Å². The zero-order chi connectivity index (χ0) is 89.5. The maximum absolute atomic E-state index is 5.99. The maximum Gasteiger partial charge on any atom is 0.0728 e. The Labute approximate surface area is 724 Å². The molecule has 8 heterocycles. The molecule has 688 valence electrons. The predicted octanol–water partition coefficient (Wildman–Crippen LogP) is 33.4. The highest BCUT2D eigenvalue weighted by molar-refractivity contribution is 7.99. The molecule has 8 aliphatic rings. The van der Waals surface area contributed by atoms with Crippen molar-refractivity contribution >= 4 is 23.5 Å². The fourth-order valence-corrected chi connectivity index (χ4v) is 23.2. The molecular weight excluding hydrogens is 1400 g/mol. The molecule has 0 radical (unpaired) electrons. The van der Waals surface area contributed by atoms with Gasteiger partial charge in [0.25, 0.3) is 0 Å². The van der Waals surface area contributed by atoms with Crippen molar-refractivity contribution in [3.05, 3.63) is 0 Å². The Morgan fingerprint density at radius 1 is 0.232 bits per heavy atom. The van der Waals surface area contributed by atoms with Gasteiger partial charge in [-0.15, -0.1) is 0 Å². The second-order valence-electron chi connectivity index (χ2n) is 37.6. The summed E-state index contributed by atoms with van der Waals surface area (Å²) in [6.07, 6.45) is 24.3. The van der Waals surface area contributed by atoms with Crippen molar-refractivity contribution < 1.29 is 14.2 Å². The highest BCUT2D eigenvalue weighted by Gasteiger charge is 2.44. The molecule has 8 heteroatoms. The molecule has 3 N–H and O–H groups in total. The molecule has 0 aliphatic carbocycles. The van der Waals surface area contributed by atoms with E-state index in [9.17, 15) is 0 Å². The van der Waals surface area contributed by atoms with Gasteiger partial charge in [-0.25, -0.2) is 0 Å². The van der Waals surface area contributed by atoms with Gasteiger partial charge >= 0.3 is 0 Å². The summed E-state index contributed by atoms with van der Waals surface area (Å²) in [5, 5.41) is 10.7. The van der Waals surface area contributed by atoms with Gasteiger partial charge in [-0.1, -0.05) is 339 Å². The van der Waals surface area contributed by atoms with Crippen molar-refractivity contribution in [1.29, 1.82) is 0 Å². The Kier molecular flexibility index (Phi) is 83.5. The van der Waals surface area contributed by atoms with Crippen molar-refractivity contribution in [1.82, 2.24) is 16.0 Å². The molecule has 0 spiro atoms. The number of ether oxygens (including phenoxy) is 3. The Bertz CT molecular complexity index is 1400. The Morgan fingerprint density at radius 2 is 0.589 bits per heavy atom. The summed E-state index contributed by atoms with van der Waals surface area (Å²) >= 11 is 4.29. The van der Waals surface area contributed by atoms with Crippen LogP contribution in [0.5, 0.6) is 0 Å². The fraction of sp³-hybridized carbons (Fsp3) is 1.00. The first-order valence-electron chi connectivity index (χ1n) is 49.9. The normalized spacial score (nSPS) is 20.6. The van der Waals surface area contributed by atoms with Crippen LogP contribution in [0.15, 0.2) is 0 Å². The molecule has 8 fully saturated rings. The minimum atomic E-state index is 0.179. The number of rotatable bonds is 16. The van der Waals surface area contributed by atoms with Crippen LogP contribution in [0.2, 0.25) is 0 Å². The summed E-state index contributed by atoms with van der Waals surface area (Å²) in [6.45, 7) is 118. The molecule has 0 atom stereocenters. The second kappa shape index (κ2) is 73.0. The van der Waals surface area contributed by atoms with Crippen LogP contribution >= 0.6 is 23.5 Å². The van der Waals surface area contributed by atoms with Gasteiger partial charge in [-0.3, -0.25) is 0 Å². The number of piperidine rings is 3. The Balaban J connectivity index is -0.000000179. The van der Waals surface area contributed by atoms with Crippen LogP contribution in [-0.4, -0.2) is 99.9 Å². The number of hydrogen-bond donors (Lipinski definition) is 3. The number of hydrogen-bond acceptors (Lipinski definition) is 8. The molecule has 8 saturated heterocycles. The van der Waals surface area contributed by atoms with E-state index in [0.717, 1.165) is 116 Å². The van der Waals surface area contributed by atoms with Crippen molar-refractivity contribution in [3.63, 3.8) is 0 Å². The SMILES string of the molecule is CC.CC.CC.CC.CC.CC.CC.CC.CC(C)C1(C(C)C)CCCCN1.CC(C)C1(C(C)C)CCCCO1.CC(C)C1(C(C)C)CCCNC1.CC(C)C1(C(C)C)CCCOC1.CC(C)C1(C(C)C)CCCSC1.CC(C)C1(C(C)C)CCNCC1.CC(C)C1(C(C)C)CCOCC1.CC(C)C1(C(C)C)CCSCC1. The summed E-state index contributed by atoms with van der Waals surface area (Å²) in [5.74, 6) is 18.2. The van der Waals surface area contributed by atoms with Crippen molar-refractivity contribution in [2.24, 2.45) is 127 Å². The number of nitrogens with one attached hydrogen (secondary N) is 3. The van der Waals surface area contributed by atoms with Crippen LogP contribution in [0.4, 0.5) is 0 Å². The Morgan fingerprint density at radius 3 is 0.804 bits per heavy atom. The van der Waals surface area contributed by atoms with E-state index in [2.05, 4.69) is 261 Å². The minimum absolute atomic E-state index is 0.179. The zero-order valence-corrected chi connectivity index (χ0v) is 89.0. The lowest BCUT2D eigenvalue weighted by atomic mass is 9.63. The zero-order valence-electron chi connectivity index (χ0n) is 87.4. The van der Waals surface area contributed by atoms with Gasteiger partial charge in [0.1, 0.15) is 0 Å². The maximum atomic E-state index is 5.99. The fourth-order valence-electron chi connectivity index (χ4n) is 20.3. The molecule has 0 aromatic carbocycles. The lowest BCUT2D eigenvalue weighted by Gasteiger charge is -2.45. The van der Waals surface area contributed by atoms with E-state index in [-0.39, 0.29) is 5.60 Å². The van der Waals surface area contributed by atoms with Crippen molar-refractivity contribution in [2.45, 2.75) is 459 Å². The molecule has 8 aliphatic heterocycles. The third kappa shape index (κ3) is 42.5. The topological polar surface area (TPSA) is 63.8 Å². The first-order valence-corrected chi connectivity index (χ1v) is 52.2. The largest absolute Gasteiger partial charge is 0.381 e.